The molecule has 0 bridgehead atoms. The standard InChI is InChI=1S/C10H12O3/c1-7(11)6-8-2-4-9(5-3-8)10(12)13/h2-5,10,12-13H,6H2,1H3. The molecule has 0 saturated heterocycles. The van der Waals surface area contributed by atoms with Gasteiger partial charge in [-0.3, -0.25) is 4.79 Å². The maximum absolute atomic E-state index is 10.7. The lowest BCUT2D eigenvalue weighted by atomic mass is 10.1. The first kappa shape index (κ1) is 9.89. The summed E-state index contributed by atoms with van der Waals surface area (Å²) >= 11 is 0. The summed E-state index contributed by atoms with van der Waals surface area (Å²) in [5, 5.41) is 17.6. The highest BCUT2D eigenvalue weighted by Crippen LogP contribution is 2.11. The molecule has 1 aromatic carbocycles. The highest BCUT2D eigenvalue weighted by Gasteiger charge is 2.02. The van der Waals surface area contributed by atoms with E-state index in [0.717, 1.165) is 5.56 Å². The van der Waals surface area contributed by atoms with Crippen LogP contribution in [0.2, 0.25) is 0 Å². The Kier molecular flexibility index (Phi) is 3.17. The predicted molar refractivity (Wildman–Crippen MR) is 48.0 cm³/mol. The van der Waals surface area contributed by atoms with Gasteiger partial charge in [-0.25, -0.2) is 0 Å². The minimum Gasteiger partial charge on any atom is -0.364 e. The molecule has 0 aliphatic heterocycles. The van der Waals surface area contributed by atoms with Gasteiger partial charge in [0.25, 0.3) is 0 Å². The summed E-state index contributed by atoms with van der Waals surface area (Å²) in [5.74, 6) is 0.0947. The van der Waals surface area contributed by atoms with E-state index in [1.54, 1.807) is 24.3 Å². The van der Waals surface area contributed by atoms with Gasteiger partial charge >= 0.3 is 0 Å². The van der Waals surface area contributed by atoms with E-state index in [4.69, 9.17) is 10.2 Å². The number of carbonyl (C=O) groups excluding carboxylic acids is 1. The monoisotopic (exact) mass is 180 g/mol. The zero-order valence-electron chi connectivity index (χ0n) is 7.40. The van der Waals surface area contributed by atoms with Crippen LogP contribution in [0.5, 0.6) is 0 Å². The van der Waals surface area contributed by atoms with E-state index in [1.165, 1.54) is 6.92 Å². The van der Waals surface area contributed by atoms with Gasteiger partial charge < -0.3 is 10.2 Å². The maximum atomic E-state index is 10.7. The Labute approximate surface area is 76.6 Å². The fourth-order valence-electron chi connectivity index (χ4n) is 1.10. The van der Waals surface area contributed by atoms with Crippen LogP contribution < -0.4 is 0 Å². The van der Waals surface area contributed by atoms with Crippen LogP contribution in [0.15, 0.2) is 24.3 Å². The van der Waals surface area contributed by atoms with E-state index >= 15 is 0 Å². The number of ketones is 1. The van der Waals surface area contributed by atoms with Gasteiger partial charge in [-0.2, -0.15) is 0 Å². The van der Waals surface area contributed by atoms with Gasteiger partial charge in [0.1, 0.15) is 5.78 Å². The number of carbonyl (C=O) groups is 1. The molecule has 13 heavy (non-hydrogen) atoms. The van der Waals surface area contributed by atoms with Gasteiger partial charge in [0, 0.05) is 12.0 Å². The molecule has 2 N–H and O–H groups in total. The molecule has 0 spiro atoms. The van der Waals surface area contributed by atoms with E-state index in [1.807, 2.05) is 0 Å². The van der Waals surface area contributed by atoms with Crippen molar-refractivity contribution in [2.45, 2.75) is 19.6 Å². The highest BCUT2D eigenvalue weighted by atomic mass is 16.5. The second-order valence-electron chi connectivity index (χ2n) is 2.99. The van der Waals surface area contributed by atoms with Gasteiger partial charge in [-0.05, 0) is 12.5 Å². The van der Waals surface area contributed by atoms with Crippen molar-refractivity contribution in [3.63, 3.8) is 0 Å². The molecule has 0 heterocycles. The van der Waals surface area contributed by atoms with Crippen LogP contribution in [-0.2, 0) is 11.2 Å². The number of Topliss-reactive ketones (excluding diaryl/α,β-unsaturated/α-hetero) is 1. The molecule has 0 aliphatic rings. The Morgan fingerprint density at radius 3 is 2.23 bits per heavy atom. The topological polar surface area (TPSA) is 57.5 Å². The van der Waals surface area contributed by atoms with Gasteiger partial charge in [-0.1, -0.05) is 24.3 Å². The number of aliphatic hydroxyl groups is 2. The Morgan fingerprint density at radius 2 is 1.85 bits per heavy atom. The van der Waals surface area contributed by atoms with Crippen LogP contribution in [0.1, 0.15) is 24.3 Å². The quantitative estimate of drug-likeness (QED) is 0.676. The van der Waals surface area contributed by atoms with Crippen LogP contribution in [-0.4, -0.2) is 16.0 Å². The lowest BCUT2D eigenvalue weighted by molar-refractivity contribution is -0.116. The van der Waals surface area contributed by atoms with Crippen molar-refractivity contribution >= 4 is 5.78 Å². The summed E-state index contributed by atoms with van der Waals surface area (Å²) in [6, 6.07) is 6.64. The van der Waals surface area contributed by atoms with Crippen LogP contribution in [0, 0.1) is 0 Å². The van der Waals surface area contributed by atoms with Gasteiger partial charge in [-0.15, -0.1) is 0 Å². The average molecular weight is 180 g/mol. The highest BCUT2D eigenvalue weighted by molar-refractivity contribution is 5.78. The lowest BCUT2D eigenvalue weighted by Gasteiger charge is -2.04. The number of hydrogen-bond donors (Lipinski definition) is 2. The molecule has 3 nitrogen and oxygen atoms in total. The summed E-state index contributed by atoms with van der Waals surface area (Å²) in [5.41, 5.74) is 1.32. The van der Waals surface area contributed by atoms with Crippen molar-refractivity contribution in [2.75, 3.05) is 0 Å². The van der Waals surface area contributed by atoms with Crippen molar-refractivity contribution in [1.29, 1.82) is 0 Å². The second-order valence-corrected chi connectivity index (χ2v) is 2.99. The van der Waals surface area contributed by atoms with Gasteiger partial charge in [0.05, 0.1) is 0 Å². The largest absolute Gasteiger partial charge is 0.364 e. The van der Waals surface area contributed by atoms with Crippen molar-refractivity contribution in [2.24, 2.45) is 0 Å². The number of benzene rings is 1. The van der Waals surface area contributed by atoms with Crippen molar-refractivity contribution < 1.29 is 15.0 Å². The van der Waals surface area contributed by atoms with Crippen LogP contribution in [0.25, 0.3) is 0 Å². The first-order chi connectivity index (χ1) is 6.09. The summed E-state index contributed by atoms with van der Waals surface area (Å²) in [7, 11) is 0. The Balaban J connectivity index is 2.75. The third-order valence-electron chi connectivity index (χ3n) is 1.73. The fourth-order valence-corrected chi connectivity index (χ4v) is 1.10. The number of aliphatic hydroxyl groups excluding tert-OH is 1. The van der Waals surface area contributed by atoms with Crippen molar-refractivity contribution in [1.82, 2.24) is 0 Å². The van der Waals surface area contributed by atoms with Crippen LogP contribution >= 0.6 is 0 Å². The molecule has 3 heteroatoms. The van der Waals surface area contributed by atoms with Crippen molar-refractivity contribution in [3.05, 3.63) is 35.4 Å². The molecular weight excluding hydrogens is 168 g/mol. The van der Waals surface area contributed by atoms with E-state index < -0.39 is 6.29 Å². The normalized spacial score (nSPS) is 10.5. The zero-order chi connectivity index (χ0) is 9.84. The third kappa shape index (κ3) is 2.97. The summed E-state index contributed by atoms with van der Waals surface area (Å²) in [6.07, 6.45) is -1.05. The summed E-state index contributed by atoms with van der Waals surface area (Å²) in [6.45, 7) is 1.52. The minimum atomic E-state index is -1.44. The van der Waals surface area contributed by atoms with Crippen LogP contribution in [0.4, 0.5) is 0 Å². The predicted octanol–water partition coefficient (Wildman–Crippen LogP) is 0.801. The minimum absolute atomic E-state index is 0.0947. The van der Waals surface area contributed by atoms with E-state index in [-0.39, 0.29) is 5.78 Å². The zero-order valence-corrected chi connectivity index (χ0v) is 7.40. The molecule has 0 unspecified atom stereocenters. The molecule has 0 amide bonds. The van der Waals surface area contributed by atoms with Crippen molar-refractivity contribution in [3.8, 4) is 0 Å². The fraction of sp³-hybridized carbons (Fsp3) is 0.300. The maximum Gasteiger partial charge on any atom is 0.178 e. The Morgan fingerprint density at radius 1 is 1.31 bits per heavy atom. The van der Waals surface area contributed by atoms with E-state index in [2.05, 4.69) is 0 Å². The first-order valence-corrected chi connectivity index (χ1v) is 4.04. The molecule has 0 fully saturated rings. The Bertz CT molecular complexity index is 288. The second kappa shape index (κ2) is 4.16. The lowest BCUT2D eigenvalue weighted by Crippen LogP contribution is -1.98. The molecular formula is C10H12O3. The molecule has 1 rings (SSSR count). The number of rotatable bonds is 3. The van der Waals surface area contributed by atoms with Gasteiger partial charge in [0.15, 0.2) is 6.29 Å². The molecule has 1 aromatic rings. The molecule has 70 valence electrons. The summed E-state index contributed by atoms with van der Waals surface area (Å²) in [4.78, 5) is 10.7. The van der Waals surface area contributed by atoms with Gasteiger partial charge in [0.2, 0.25) is 0 Å². The van der Waals surface area contributed by atoms with E-state index in [9.17, 15) is 4.79 Å². The molecule has 0 aromatic heterocycles. The average Bonchev–Trinajstić information content (AvgIpc) is 2.04. The third-order valence-corrected chi connectivity index (χ3v) is 1.73. The SMILES string of the molecule is CC(=O)Cc1ccc(C(O)O)cc1. The Hall–Kier alpha value is -1.19. The number of hydrogen-bond acceptors (Lipinski definition) is 3. The smallest absolute Gasteiger partial charge is 0.178 e. The molecule has 0 atom stereocenters. The first-order valence-electron chi connectivity index (χ1n) is 4.04. The summed E-state index contributed by atoms with van der Waals surface area (Å²) < 4.78 is 0. The van der Waals surface area contributed by atoms with E-state index in [0.29, 0.717) is 12.0 Å². The molecule has 0 radical (unpaired) electrons. The molecule has 0 aliphatic carbocycles. The molecule has 0 saturated carbocycles. The van der Waals surface area contributed by atoms with Crippen LogP contribution in [0.3, 0.4) is 0 Å².